The quantitative estimate of drug-likeness (QED) is 0.422. The lowest BCUT2D eigenvalue weighted by atomic mass is 10.00. The van der Waals surface area contributed by atoms with Crippen molar-refractivity contribution < 1.29 is 43.5 Å². The fraction of sp³-hybridized carbons (Fsp3) is 0.667. The maximum Gasteiger partial charge on any atom is 0.248 e. The maximum atomic E-state index is 13.7. The molecule has 0 saturated carbocycles. The first-order valence-electron chi connectivity index (χ1n) is 14.1. The first kappa shape index (κ1) is 34.5. The van der Waals surface area contributed by atoms with Gasteiger partial charge in [-0.05, 0) is 49.0 Å². The van der Waals surface area contributed by atoms with Crippen LogP contribution in [0.25, 0.3) is 6.08 Å². The van der Waals surface area contributed by atoms with E-state index >= 15 is 0 Å². The Kier molecular flexibility index (Phi) is 15.1. The number of benzene rings is 1. The van der Waals surface area contributed by atoms with Crippen LogP contribution in [0.15, 0.2) is 24.3 Å². The van der Waals surface area contributed by atoms with Crippen molar-refractivity contribution >= 4 is 17.9 Å². The smallest absolute Gasteiger partial charge is 0.248 e. The zero-order chi connectivity index (χ0) is 30.4. The van der Waals surface area contributed by atoms with E-state index in [4.69, 9.17) is 23.7 Å². The summed E-state index contributed by atoms with van der Waals surface area (Å²) in [6.45, 7) is 4.96. The van der Waals surface area contributed by atoms with Crippen LogP contribution in [0.4, 0.5) is 0 Å². The second-order valence-electron chi connectivity index (χ2n) is 10.6. The minimum atomic E-state index is -1.27. The summed E-state index contributed by atoms with van der Waals surface area (Å²) in [7, 11) is 5.98. The monoisotopic (exact) mass is 580 g/mol. The molecule has 0 unspecified atom stereocenters. The lowest BCUT2D eigenvalue weighted by Crippen LogP contribution is -2.54. The van der Waals surface area contributed by atoms with Gasteiger partial charge in [-0.1, -0.05) is 19.9 Å². The summed E-state index contributed by atoms with van der Waals surface area (Å²) in [4.78, 5) is 30.2. The molecule has 1 aromatic rings. The Morgan fingerprint density at radius 3 is 2.44 bits per heavy atom. The number of hydrogen-bond donors (Lipinski definition) is 2. The third-order valence-electron chi connectivity index (χ3n) is 7.05. The van der Waals surface area contributed by atoms with Gasteiger partial charge in [0, 0.05) is 52.6 Å². The fourth-order valence-corrected chi connectivity index (χ4v) is 4.86. The van der Waals surface area contributed by atoms with Crippen molar-refractivity contribution in [1.29, 1.82) is 0 Å². The van der Waals surface area contributed by atoms with E-state index in [0.29, 0.717) is 43.9 Å². The van der Waals surface area contributed by atoms with Gasteiger partial charge in [0.1, 0.15) is 24.9 Å². The number of ether oxygens (including phenoxy) is 5. The number of aliphatic hydroxyl groups excluding tert-OH is 2. The number of amides is 2. The van der Waals surface area contributed by atoms with Crippen LogP contribution in [-0.4, -0.2) is 124 Å². The van der Waals surface area contributed by atoms with Gasteiger partial charge in [-0.25, -0.2) is 0 Å². The molecule has 0 aromatic heterocycles. The van der Waals surface area contributed by atoms with E-state index in [1.54, 1.807) is 37.3 Å². The van der Waals surface area contributed by atoms with Gasteiger partial charge in [0.15, 0.2) is 11.5 Å². The molecule has 0 aliphatic carbocycles. The molecule has 1 aromatic carbocycles. The summed E-state index contributed by atoms with van der Waals surface area (Å²) in [5.41, 5.74) is 0.777. The Labute approximate surface area is 243 Å². The molecular weight excluding hydrogens is 532 g/mol. The summed E-state index contributed by atoms with van der Waals surface area (Å²) in [6.07, 6.45) is 1.92. The van der Waals surface area contributed by atoms with E-state index in [9.17, 15) is 19.8 Å². The highest BCUT2D eigenvalue weighted by atomic mass is 16.5. The Balaban J connectivity index is 2.43. The predicted octanol–water partition coefficient (Wildman–Crippen LogP) is 1.98. The van der Waals surface area contributed by atoms with Crippen molar-refractivity contribution in [1.82, 2.24) is 9.80 Å². The van der Waals surface area contributed by atoms with Gasteiger partial charge in [0.05, 0.1) is 20.8 Å². The zero-order valence-corrected chi connectivity index (χ0v) is 25.3. The number of carbonyl (C=O) groups is 2. The van der Waals surface area contributed by atoms with Crippen LogP contribution >= 0.6 is 0 Å². The Hall–Kier alpha value is -2.70. The summed E-state index contributed by atoms with van der Waals surface area (Å²) < 4.78 is 26.9. The highest BCUT2D eigenvalue weighted by Gasteiger charge is 2.33. The van der Waals surface area contributed by atoms with Crippen molar-refractivity contribution in [2.75, 3.05) is 67.9 Å². The molecule has 1 aliphatic heterocycles. The van der Waals surface area contributed by atoms with Crippen molar-refractivity contribution in [3.05, 3.63) is 29.8 Å². The molecule has 2 amide bonds. The summed E-state index contributed by atoms with van der Waals surface area (Å²) in [5, 5.41) is 21.2. The standard InChI is InChI=1S/C30H48N2O9/c1-21(2)15-23-17-31(29(35)20-37-3)18-27(40-6)30(36)24(33)19-41-14-8-7-13-32(23)28(34)12-10-22-9-11-25(38-4)26(16-22)39-5/h9-12,16,21,23-24,27,30,33,36H,7-8,13-15,17-20H2,1-6H3/b12-10+/t23-,24+,27+,30+/m0/s1. The second kappa shape index (κ2) is 18.0. The molecule has 1 saturated heterocycles. The van der Waals surface area contributed by atoms with Crippen LogP contribution in [0.3, 0.4) is 0 Å². The van der Waals surface area contributed by atoms with Gasteiger partial charge >= 0.3 is 0 Å². The summed E-state index contributed by atoms with van der Waals surface area (Å²) in [5.74, 6) is 0.901. The molecule has 11 heteroatoms. The molecule has 41 heavy (non-hydrogen) atoms. The van der Waals surface area contributed by atoms with Crippen LogP contribution in [0, 0.1) is 5.92 Å². The van der Waals surface area contributed by atoms with E-state index in [1.165, 1.54) is 20.3 Å². The Morgan fingerprint density at radius 2 is 1.80 bits per heavy atom. The fourth-order valence-electron chi connectivity index (χ4n) is 4.86. The van der Waals surface area contributed by atoms with E-state index in [1.807, 2.05) is 11.0 Å². The van der Waals surface area contributed by atoms with Crippen molar-refractivity contribution in [3.8, 4) is 11.5 Å². The molecular formula is C30H48N2O9. The van der Waals surface area contributed by atoms with E-state index in [0.717, 1.165) is 5.56 Å². The number of carbonyl (C=O) groups excluding carboxylic acids is 2. The molecule has 0 radical (unpaired) electrons. The van der Waals surface area contributed by atoms with Crippen LogP contribution < -0.4 is 9.47 Å². The Morgan fingerprint density at radius 1 is 1.07 bits per heavy atom. The molecule has 11 nitrogen and oxygen atoms in total. The minimum Gasteiger partial charge on any atom is -0.493 e. The van der Waals surface area contributed by atoms with E-state index in [2.05, 4.69) is 13.8 Å². The van der Waals surface area contributed by atoms with Gasteiger partial charge in [-0.3, -0.25) is 9.59 Å². The maximum absolute atomic E-state index is 13.7. The van der Waals surface area contributed by atoms with Gasteiger partial charge < -0.3 is 43.7 Å². The third kappa shape index (κ3) is 10.9. The lowest BCUT2D eigenvalue weighted by molar-refractivity contribution is -0.145. The molecule has 1 aliphatic rings. The van der Waals surface area contributed by atoms with E-state index in [-0.39, 0.29) is 50.1 Å². The number of nitrogens with zero attached hydrogens (tertiary/aromatic N) is 2. The highest BCUT2D eigenvalue weighted by molar-refractivity contribution is 5.92. The molecule has 2 N–H and O–H groups in total. The largest absolute Gasteiger partial charge is 0.493 e. The normalized spacial score (nSPS) is 23.4. The minimum absolute atomic E-state index is 0.00896. The predicted molar refractivity (Wildman–Crippen MR) is 155 cm³/mol. The zero-order valence-electron chi connectivity index (χ0n) is 25.3. The molecule has 2 rings (SSSR count). The number of methoxy groups -OCH3 is 4. The van der Waals surface area contributed by atoms with Crippen LogP contribution in [0.5, 0.6) is 11.5 Å². The number of rotatable bonds is 9. The SMILES string of the molecule is COCC(=O)N1C[C@H](CC(C)C)N(C(=O)/C=C/c2ccc(OC)c(OC)c2)CCCCOC[C@@H](O)[C@@H](O)[C@H](OC)C1. The van der Waals surface area contributed by atoms with Crippen molar-refractivity contribution in [2.45, 2.75) is 57.5 Å². The molecule has 0 spiro atoms. The summed E-state index contributed by atoms with van der Waals surface area (Å²) >= 11 is 0. The number of aliphatic hydroxyl groups is 2. The van der Waals surface area contributed by atoms with Gasteiger partial charge in [-0.15, -0.1) is 0 Å². The van der Waals surface area contributed by atoms with Crippen LogP contribution in [0.1, 0.15) is 38.7 Å². The molecule has 1 fully saturated rings. The first-order valence-corrected chi connectivity index (χ1v) is 14.1. The summed E-state index contributed by atoms with van der Waals surface area (Å²) in [6, 6.07) is 5.10. The van der Waals surface area contributed by atoms with Crippen molar-refractivity contribution in [3.63, 3.8) is 0 Å². The van der Waals surface area contributed by atoms with Gasteiger partial charge in [0.2, 0.25) is 11.8 Å². The highest BCUT2D eigenvalue weighted by Crippen LogP contribution is 2.28. The molecule has 0 bridgehead atoms. The van der Waals surface area contributed by atoms with Crippen LogP contribution in [-0.2, 0) is 23.8 Å². The first-order chi connectivity index (χ1) is 19.6. The molecule has 1 heterocycles. The second-order valence-corrected chi connectivity index (χ2v) is 10.6. The van der Waals surface area contributed by atoms with Gasteiger partial charge in [0.25, 0.3) is 0 Å². The average Bonchev–Trinajstić information content (AvgIpc) is 2.95. The van der Waals surface area contributed by atoms with Gasteiger partial charge in [-0.2, -0.15) is 0 Å². The van der Waals surface area contributed by atoms with Crippen molar-refractivity contribution in [2.24, 2.45) is 5.92 Å². The topological polar surface area (TPSA) is 127 Å². The average molecular weight is 581 g/mol. The number of hydrogen-bond acceptors (Lipinski definition) is 9. The molecule has 4 atom stereocenters. The molecule has 232 valence electrons. The van der Waals surface area contributed by atoms with E-state index < -0.39 is 18.3 Å². The Bertz CT molecular complexity index is 971. The third-order valence-corrected chi connectivity index (χ3v) is 7.05. The van der Waals surface area contributed by atoms with Crippen LogP contribution in [0.2, 0.25) is 0 Å². The lowest BCUT2D eigenvalue weighted by Gasteiger charge is -2.38.